The van der Waals surface area contributed by atoms with Gasteiger partial charge in [0, 0.05) is 11.3 Å². The number of halogens is 4. The Morgan fingerprint density at radius 2 is 1.84 bits per heavy atom. The van der Waals surface area contributed by atoms with Crippen molar-refractivity contribution in [1.82, 2.24) is 15.2 Å². The second-order valence-corrected chi connectivity index (χ2v) is 3.52. The van der Waals surface area contributed by atoms with Crippen LogP contribution in [-0.4, -0.2) is 21.4 Å². The lowest BCUT2D eigenvalue weighted by Gasteiger charge is -2.04. The largest absolute Gasteiger partial charge is 0.282 e. The van der Waals surface area contributed by atoms with Gasteiger partial charge in [0.05, 0.1) is 12.4 Å². The third-order valence-electron chi connectivity index (χ3n) is 2.25. The minimum atomic E-state index is -1.75. The van der Waals surface area contributed by atoms with Crippen LogP contribution >= 0.6 is 0 Å². The molecule has 100 valence electrons. The maximum Gasteiger partial charge on any atom is 0.254 e. The van der Waals surface area contributed by atoms with Crippen LogP contribution in [0.2, 0.25) is 0 Å². The molecule has 2 rings (SSSR count). The van der Waals surface area contributed by atoms with Gasteiger partial charge in [0.15, 0.2) is 0 Å². The second kappa shape index (κ2) is 5.04. The lowest BCUT2D eigenvalue weighted by Crippen LogP contribution is -2.05. The van der Waals surface area contributed by atoms with Crippen LogP contribution < -0.4 is 5.43 Å². The average Bonchev–Trinajstić information content (AvgIpc) is 2.77. The van der Waals surface area contributed by atoms with E-state index in [0.717, 1.165) is 0 Å². The molecule has 0 saturated heterocycles. The zero-order chi connectivity index (χ0) is 14.0. The molecule has 0 aromatic carbocycles. The highest BCUT2D eigenvalue weighted by Gasteiger charge is 2.20. The summed E-state index contributed by atoms with van der Waals surface area (Å²) in [4.78, 5) is 2.42. The fourth-order valence-electron chi connectivity index (χ4n) is 1.24. The van der Waals surface area contributed by atoms with Gasteiger partial charge in [0.2, 0.25) is 11.6 Å². The third kappa shape index (κ3) is 2.54. The van der Waals surface area contributed by atoms with Crippen molar-refractivity contribution in [2.75, 3.05) is 5.43 Å². The summed E-state index contributed by atoms with van der Waals surface area (Å²) < 4.78 is 51.9. The summed E-state index contributed by atoms with van der Waals surface area (Å²) >= 11 is 0. The Bertz CT molecular complexity index is 611. The van der Waals surface area contributed by atoms with E-state index in [-0.39, 0.29) is 0 Å². The third-order valence-corrected chi connectivity index (χ3v) is 2.25. The smallest absolute Gasteiger partial charge is 0.254 e. The number of pyridine rings is 1. The molecule has 0 aliphatic carbocycles. The van der Waals surface area contributed by atoms with Gasteiger partial charge in [-0.05, 0) is 6.92 Å². The van der Waals surface area contributed by atoms with Crippen molar-refractivity contribution in [3.63, 3.8) is 0 Å². The molecular formula is C10H7F4N5. The quantitative estimate of drug-likeness (QED) is 0.389. The Hall–Kier alpha value is -2.45. The topological polar surface area (TPSA) is 66.0 Å². The summed E-state index contributed by atoms with van der Waals surface area (Å²) in [5.74, 6) is -6.81. The Kier molecular flexibility index (Phi) is 3.45. The number of anilines is 1. The molecule has 0 fully saturated rings. The summed E-state index contributed by atoms with van der Waals surface area (Å²) in [6.07, 6.45) is 2.61. The molecule has 2 aromatic rings. The molecule has 2 heterocycles. The zero-order valence-electron chi connectivity index (χ0n) is 9.51. The molecule has 2 N–H and O–H groups in total. The molecule has 0 aliphatic heterocycles. The van der Waals surface area contributed by atoms with Crippen molar-refractivity contribution in [2.24, 2.45) is 5.10 Å². The van der Waals surface area contributed by atoms with E-state index < -0.39 is 29.2 Å². The minimum Gasteiger partial charge on any atom is -0.282 e. The van der Waals surface area contributed by atoms with Crippen molar-refractivity contribution in [2.45, 2.75) is 6.92 Å². The van der Waals surface area contributed by atoms with Crippen LogP contribution in [0.3, 0.4) is 0 Å². The fourth-order valence-corrected chi connectivity index (χ4v) is 1.24. The van der Waals surface area contributed by atoms with Crippen molar-refractivity contribution in [1.29, 1.82) is 0 Å². The summed E-state index contributed by atoms with van der Waals surface area (Å²) in [5.41, 5.74) is 2.04. The molecule has 0 spiro atoms. The van der Waals surface area contributed by atoms with Crippen LogP contribution in [0.1, 0.15) is 11.3 Å². The molecular weight excluding hydrogens is 266 g/mol. The predicted molar refractivity (Wildman–Crippen MR) is 58.6 cm³/mol. The van der Waals surface area contributed by atoms with E-state index in [2.05, 4.69) is 20.3 Å². The highest BCUT2D eigenvalue weighted by atomic mass is 19.2. The van der Waals surface area contributed by atoms with Crippen LogP contribution in [0.5, 0.6) is 0 Å². The van der Waals surface area contributed by atoms with E-state index in [1.54, 1.807) is 6.92 Å². The van der Waals surface area contributed by atoms with Crippen molar-refractivity contribution in [3.05, 3.63) is 41.0 Å². The molecule has 0 bridgehead atoms. The molecule has 0 amide bonds. The van der Waals surface area contributed by atoms with Crippen LogP contribution in [0, 0.1) is 30.5 Å². The first-order chi connectivity index (χ1) is 9.00. The normalized spacial score (nSPS) is 11.2. The van der Waals surface area contributed by atoms with Gasteiger partial charge < -0.3 is 0 Å². The highest BCUT2D eigenvalue weighted by molar-refractivity contribution is 5.81. The number of hydrogen-bond donors (Lipinski definition) is 2. The summed E-state index contributed by atoms with van der Waals surface area (Å²) in [5, 5.41) is 9.77. The first-order valence-electron chi connectivity index (χ1n) is 4.99. The Labute approximate surface area is 104 Å². The van der Waals surface area contributed by atoms with Crippen LogP contribution in [0.4, 0.5) is 23.2 Å². The van der Waals surface area contributed by atoms with E-state index in [0.29, 0.717) is 11.3 Å². The summed E-state index contributed by atoms with van der Waals surface area (Å²) in [6.45, 7) is 1.70. The van der Waals surface area contributed by atoms with Crippen molar-refractivity contribution >= 4 is 11.9 Å². The van der Waals surface area contributed by atoms with Gasteiger partial charge in [-0.15, -0.1) is 0 Å². The predicted octanol–water partition coefficient (Wildman–Crippen LogP) is 2.12. The average molecular weight is 273 g/mol. The summed E-state index contributed by atoms with van der Waals surface area (Å²) in [7, 11) is 0. The van der Waals surface area contributed by atoms with Gasteiger partial charge in [0.1, 0.15) is 5.69 Å². The molecule has 2 aromatic heterocycles. The Morgan fingerprint density at radius 3 is 2.37 bits per heavy atom. The van der Waals surface area contributed by atoms with E-state index in [9.17, 15) is 17.6 Å². The molecule has 0 aliphatic rings. The standard InChI is InChI=1S/C10H7F4N5/c1-4-5(2-15-18-4)3-16-19-8-6(11)9(13)17-10(14)7(8)12/h2-3H,1H3,(H,15,18)(H,17,19)/b16-3+. The van der Waals surface area contributed by atoms with Gasteiger partial charge in [0.25, 0.3) is 11.9 Å². The number of aromatic nitrogens is 3. The number of rotatable bonds is 3. The lowest BCUT2D eigenvalue weighted by molar-refractivity contribution is 0.411. The van der Waals surface area contributed by atoms with Crippen molar-refractivity contribution in [3.8, 4) is 0 Å². The first kappa shape index (κ1) is 13.0. The maximum absolute atomic E-state index is 13.2. The second-order valence-electron chi connectivity index (χ2n) is 3.52. The molecule has 0 unspecified atom stereocenters. The monoisotopic (exact) mass is 273 g/mol. The van der Waals surface area contributed by atoms with Crippen LogP contribution in [-0.2, 0) is 0 Å². The van der Waals surface area contributed by atoms with Crippen LogP contribution in [0.25, 0.3) is 0 Å². The molecule has 0 saturated carbocycles. The molecule has 0 radical (unpaired) electrons. The van der Waals surface area contributed by atoms with E-state index in [4.69, 9.17) is 0 Å². The highest BCUT2D eigenvalue weighted by Crippen LogP contribution is 2.21. The zero-order valence-corrected chi connectivity index (χ0v) is 9.51. The number of nitrogens with zero attached hydrogens (tertiary/aromatic N) is 3. The number of aryl methyl sites for hydroxylation is 1. The number of aromatic amines is 1. The molecule has 9 heteroatoms. The lowest BCUT2D eigenvalue weighted by atomic mass is 10.3. The minimum absolute atomic E-state index is 0.545. The maximum atomic E-state index is 13.2. The SMILES string of the molecule is Cc1[nH]ncc1/C=N/Nc1c(F)c(F)nc(F)c1F. The van der Waals surface area contributed by atoms with Crippen LogP contribution in [0.15, 0.2) is 11.3 Å². The summed E-state index contributed by atoms with van der Waals surface area (Å²) in [6, 6.07) is 0. The number of hydrogen-bond acceptors (Lipinski definition) is 4. The van der Waals surface area contributed by atoms with Gasteiger partial charge in [-0.2, -0.15) is 32.7 Å². The number of nitrogens with one attached hydrogen (secondary N) is 2. The molecule has 0 atom stereocenters. The fraction of sp³-hybridized carbons (Fsp3) is 0.100. The van der Waals surface area contributed by atoms with Gasteiger partial charge >= 0.3 is 0 Å². The number of H-pyrrole nitrogens is 1. The van der Waals surface area contributed by atoms with E-state index in [1.807, 2.05) is 5.43 Å². The Morgan fingerprint density at radius 1 is 1.21 bits per heavy atom. The molecule has 19 heavy (non-hydrogen) atoms. The number of hydrazone groups is 1. The van der Waals surface area contributed by atoms with Gasteiger partial charge in [-0.3, -0.25) is 10.5 Å². The van der Waals surface area contributed by atoms with E-state index in [1.165, 1.54) is 12.4 Å². The van der Waals surface area contributed by atoms with Gasteiger partial charge in [-0.1, -0.05) is 0 Å². The van der Waals surface area contributed by atoms with E-state index >= 15 is 0 Å². The first-order valence-corrected chi connectivity index (χ1v) is 4.99. The Balaban J connectivity index is 2.25. The molecule has 5 nitrogen and oxygen atoms in total. The van der Waals surface area contributed by atoms with Crippen molar-refractivity contribution < 1.29 is 17.6 Å². The van der Waals surface area contributed by atoms with Gasteiger partial charge in [-0.25, -0.2) is 0 Å².